The second-order valence-electron chi connectivity index (χ2n) is 0.105. The van der Waals surface area contributed by atoms with Crippen molar-refractivity contribution in [2.45, 2.75) is 0 Å². The van der Waals surface area contributed by atoms with Gasteiger partial charge in [0.2, 0.25) is 0 Å². The van der Waals surface area contributed by atoms with Gasteiger partial charge in [-0.05, 0) is 0 Å². The average molecular weight is 67.9 g/mol. The first-order valence-electron chi connectivity index (χ1n) is 0.494. The average Bonchev–Trinajstić information content (AvgIpc) is 0.918. The number of hydrogen-bond donors (Lipinski definition) is 1. The van der Waals surface area contributed by atoms with Crippen LogP contribution in [0.25, 0.3) is 0 Å². The Balaban J connectivity index is -0.0000000200. The van der Waals surface area contributed by atoms with Crippen molar-refractivity contribution >= 4 is 15.5 Å². The molecule has 0 aromatic rings. The first-order chi connectivity index (χ1) is 1.41. The fourth-order valence-corrected chi connectivity index (χ4v) is 0. The Morgan fingerprint density at radius 2 is 2.00 bits per heavy atom. The third kappa shape index (κ3) is 15.3. The van der Waals surface area contributed by atoms with E-state index in [1.54, 1.807) is 0 Å². The Bertz CT molecular complexity index is 17.1. The summed E-state index contributed by atoms with van der Waals surface area (Å²) in [5.74, 6) is 0. The topological polar surface area (TPSA) is 37.3 Å². The molecule has 0 bridgehead atoms. The Morgan fingerprint density at radius 1 is 2.00 bits per heavy atom. The van der Waals surface area contributed by atoms with E-state index >= 15 is 0 Å². The minimum absolute atomic E-state index is 0. The molecule has 0 amide bonds. The number of hydrogen-bond acceptors (Lipinski definition) is 1. The molecule has 0 rings (SSSR count). The predicted octanol–water partition coefficient (Wildman–Crippen LogP) is -3.94. The Kier molecular flexibility index (Phi) is 20.5. The second kappa shape index (κ2) is 9.29. The van der Waals surface area contributed by atoms with E-state index in [1.807, 2.05) is 0 Å². The Labute approximate surface area is 44.1 Å². The van der Waals surface area contributed by atoms with E-state index in [0.717, 1.165) is 0 Å². The normalized spacial score (nSPS) is 2.00. The molecule has 1 N–H and O–H groups in total. The van der Waals surface area contributed by atoms with Crippen LogP contribution in [0.3, 0.4) is 0 Å². The summed E-state index contributed by atoms with van der Waals surface area (Å²) in [6.07, 6.45) is 0. The SMILES string of the molecule is [H-].[Li+].[O]=[Al][OH]. The fourth-order valence-electron chi connectivity index (χ4n) is 0. The zero-order valence-electron chi connectivity index (χ0n) is 3.43. The van der Waals surface area contributed by atoms with E-state index in [2.05, 4.69) is 0 Å². The molecule has 18 valence electrons. The molecule has 0 aliphatic carbocycles. The minimum atomic E-state index is -1.50. The molecule has 2 nitrogen and oxygen atoms in total. The molecule has 0 heterocycles. The third-order valence-electron chi connectivity index (χ3n) is 0. The van der Waals surface area contributed by atoms with E-state index < -0.39 is 15.5 Å². The van der Waals surface area contributed by atoms with Gasteiger partial charge in [0.25, 0.3) is 0 Å². The predicted molar refractivity (Wildman–Crippen MR) is 9.77 cm³/mol. The van der Waals surface area contributed by atoms with Gasteiger partial charge in [-0.3, -0.25) is 0 Å². The summed E-state index contributed by atoms with van der Waals surface area (Å²) in [6.45, 7) is 0. The van der Waals surface area contributed by atoms with Gasteiger partial charge < -0.3 is 1.43 Å². The molecule has 0 atom stereocenters. The van der Waals surface area contributed by atoms with Crippen LogP contribution in [0.4, 0.5) is 0 Å². The number of rotatable bonds is 0. The van der Waals surface area contributed by atoms with Gasteiger partial charge in [0.05, 0.1) is 0 Å². The van der Waals surface area contributed by atoms with Crippen molar-refractivity contribution < 1.29 is 28.2 Å². The van der Waals surface area contributed by atoms with Crippen molar-refractivity contribution in [1.82, 2.24) is 0 Å². The van der Waals surface area contributed by atoms with Crippen molar-refractivity contribution in [3.63, 3.8) is 0 Å². The van der Waals surface area contributed by atoms with Crippen molar-refractivity contribution in [1.29, 1.82) is 0 Å². The van der Waals surface area contributed by atoms with E-state index in [9.17, 15) is 0 Å². The van der Waals surface area contributed by atoms with Crippen molar-refractivity contribution in [3.05, 3.63) is 0 Å². The molecule has 0 saturated carbocycles. The van der Waals surface area contributed by atoms with Crippen LogP contribution in [0.5, 0.6) is 0 Å². The quantitative estimate of drug-likeness (QED) is 0.294. The van der Waals surface area contributed by atoms with Gasteiger partial charge in [0.1, 0.15) is 0 Å². The van der Waals surface area contributed by atoms with Gasteiger partial charge in [0.15, 0.2) is 0 Å². The monoisotopic (exact) mass is 68.0 g/mol. The molecule has 0 aromatic heterocycles. The molecular formula is H2AlLiO2. The van der Waals surface area contributed by atoms with E-state index in [4.69, 9.17) is 7.96 Å². The Hall–Kier alpha value is 0.730. The zero-order valence-corrected chi connectivity index (χ0v) is 3.59. The molecule has 4 heavy (non-hydrogen) atoms. The van der Waals surface area contributed by atoms with Gasteiger partial charge in [-0.25, -0.2) is 0 Å². The maximum atomic E-state index is 8.57. The van der Waals surface area contributed by atoms with Crippen LogP contribution in [0.1, 0.15) is 1.43 Å². The van der Waals surface area contributed by atoms with Crippen LogP contribution >= 0.6 is 0 Å². The van der Waals surface area contributed by atoms with Gasteiger partial charge in [0, 0.05) is 0 Å². The van der Waals surface area contributed by atoms with Crippen molar-refractivity contribution in [2.24, 2.45) is 0 Å². The second-order valence-corrected chi connectivity index (χ2v) is 0.316. The van der Waals surface area contributed by atoms with Crippen LogP contribution < -0.4 is 18.9 Å². The van der Waals surface area contributed by atoms with Crippen LogP contribution in [0.15, 0.2) is 0 Å². The maximum absolute atomic E-state index is 8.57. The summed E-state index contributed by atoms with van der Waals surface area (Å²) in [6, 6.07) is 0. The standard InChI is InChI=1S/Al.Li.H2O.O.H/h;;1H2;;/q2*+1;;;-1/p-1. The van der Waals surface area contributed by atoms with Crippen LogP contribution in [0.2, 0.25) is 0 Å². The molecule has 0 spiro atoms. The van der Waals surface area contributed by atoms with Gasteiger partial charge in [-0.2, -0.15) is 0 Å². The molecule has 0 aromatic carbocycles. The fraction of sp³-hybridized carbons (Fsp3) is 0. The summed E-state index contributed by atoms with van der Waals surface area (Å²) in [4.78, 5) is 0. The van der Waals surface area contributed by atoms with Crippen molar-refractivity contribution in [3.8, 4) is 0 Å². The van der Waals surface area contributed by atoms with Crippen LogP contribution in [-0.4, -0.2) is 19.6 Å². The molecule has 0 saturated heterocycles. The Morgan fingerprint density at radius 3 is 2.00 bits per heavy atom. The summed E-state index contributed by atoms with van der Waals surface area (Å²) in [7, 11) is 0. The first kappa shape index (κ1) is 8.83. The summed E-state index contributed by atoms with van der Waals surface area (Å²) < 4.78 is 15.7. The van der Waals surface area contributed by atoms with E-state index in [0.29, 0.717) is 0 Å². The molecule has 0 aliphatic rings. The van der Waals surface area contributed by atoms with Crippen LogP contribution in [-0.2, 0) is 3.80 Å². The summed E-state index contributed by atoms with van der Waals surface area (Å²) >= 11 is -1.50. The molecule has 4 heteroatoms. The van der Waals surface area contributed by atoms with Gasteiger partial charge in [-0.1, -0.05) is 0 Å². The zero-order chi connectivity index (χ0) is 2.71. The van der Waals surface area contributed by atoms with Gasteiger partial charge in [-0.15, -0.1) is 0 Å². The molecule has 0 aliphatic heterocycles. The van der Waals surface area contributed by atoms with E-state index in [1.165, 1.54) is 0 Å². The van der Waals surface area contributed by atoms with E-state index in [-0.39, 0.29) is 20.3 Å². The van der Waals surface area contributed by atoms with Gasteiger partial charge >= 0.3 is 42.3 Å². The van der Waals surface area contributed by atoms with Crippen molar-refractivity contribution in [2.75, 3.05) is 0 Å². The summed E-state index contributed by atoms with van der Waals surface area (Å²) in [5, 5.41) is 0. The molecule has 0 unspecified atom stereocenters. The molecule has 0 fully saturated rings. The summed E-state index contributed by atoms with van der Waals surface area (Å²) in [5.41, 5.74) is 0. The third-order valence-corrected chi connectivity index (χ3v) is 0. The molecule has 0 radical (unpaired) electrons. The first-order valence-corrected chi connectivity index (χ1v) is 1.48. The van der Waals surface area contributed by atoms with Crippen LogP contribution in [0, 0.1) is 0 Å². The molecular weight excluding hydrogens is 65.9 g/mol.